The van der Waals surface area contributed by atoms with E-state index < -0.39 is 0 Å². The molecule has 0 spiro atoms. The van der Waals surface area contributed by atoms with Gasteiger partial charge in [-0.15, -0.1) is 4.57 Å². The van der Waals surface area contributed by atoms with Gasteiger partial charge in [-0.2, -0.15) is 0 Å². The number of hydrogen-bond donors (Lipinski definition) is 2. The van der Waals surface area contributed by atoms with Crippen molar-refractivity contribution in [3.05, 3.63) is 66.2 Å². The van der Waals surface area contributed by atoms with Crippen LogP contribution in [0.3, 0.4) is 0 Å². The third-order valence-corrected chi connectivity index (χ3v) is 4.10. The summed E-state index contributed by atoms with van der Waals surface area (Å²) in [6, 6.07) is 20.0. The van der Waals surface area contributed by atoms with E-state index in [9.17, 15) is 0 Å². The number of aryl methyl sites for hydroxylation is 1. The molecule has 4 aromatic rings. The molecule has 0 unspecified atom stereocenters. The Morgan fingerprint density at radius 1 is 0.826 bits per heavy atom. The highest BCUT2D eigenvalue weighted by atomic mass is 15.0. The lowest BCUT2D eigenvalue weighted by molar-refractivity contribution is -0.538. The van der Waals surface area contributed by atoms with Gasteiger partial charge in [-0.25, -0.2) is 4.98 Å². The maximum Gasteiger partial charge on any atom is 0.239 e. The Morgan fingerprint density at radius 3 is 2.35 bits per heavy atom. The zero-order chi connectivity index (χ0) is 16.0. The smallest absolute Gasteiger partial charge is 0.239 e. The summed E-state index contributed by atoms with van der Waals surface area (Å²) in [6.07, 6.45) is 0. The van der Waals surface area contributed by atoms with Gasteiger partial charge in [0.05, 0.1) is 0 Å². The first-order chi connectivity index (χ1) is 11.1. The van der Waals surface area contributed by atoms with Crippen LogP contribution in [0.5, 0.6) is 0 Å². The number of nitrogens with two attached hydrogens (primary N) is 2. The fourth-order valence-electron chi connectivity index (χ4n) is 2.89. The molecule has 0 amide bonds. The zero-order valence-corrected chi connectivity index (χ0v) is 12.8. The van der Waals surface area contributed by atoms with Crippen molar-refractivity contribution in [1.29, 1.82) is 0 Å². The summed E-state index contributed by atoms with van der Waals surface area (Å²) in [5.41, 5.74) is 19.4. The van der Waals surface area contributed by atoms with E-state index in [1.165, 1.54) is 0 Å². The molecule has 4 N–H and O–H groups in total. The van der Waals surface area contributed by atoms with Crippen molar-refractivity contribution in [2.45, 2.75) is 6.92 Å². The largest absolute Gasteiger partial charge is 0.399 e. The average Bonchev–Trinajstić information content (AvgIpc) is 2.55. The van der Waals surface area contributed by atoms with E-state index in [0.29, 0.717) is 5.69 Å². The number of nitrogen functional groups attached to an aromatic ring is 2. The molecule has 0 bridgehead atoms. The van der Waals surface area contributed by atoms with Gasteiger partial charge in [0.15, 0.2) is 0 Å². The molecular formula is C19H17N4+. The molecule has 0 aliphatic carbocycles. The Morgan fingerprint density at radius 2 is 1.57 bits per heavy atom. The molecule has 3 aromatic carbocycles. The number of anilines is 2. The van der Waals surface area contributed by atoms with Crippen LogP contribution >= 0.6 is 0 Å². The first-order valence-corrected chi connectivity index (χ1v) is 7.50. The molecule has 0 radical (unpaired) electrons. The lowest BCUT2D eigenvalue weighted by atomic mass is 10.1. The van der Waals surface area contributed by atoms with E-state index in [4.69, 9.17) is 16.5 Å². The van der Waals surface area contributed by atoms with Crippen molar-refractivity contribution < 1.29 is 4.57 Å². The van der Waals surface area contributed by atoms with E-state index in [2.05, 4.69) is 16.7 Å². The highest BCUT2D eigenvalue weighted by molar-refractivity contribution is 5.86. The third-order valence-electron chi connectivity index (χ3n) is 4.10. The molecule has 1 heterocycles. The average molecular weight is 301 g/mol. The van der Waals surface area contributed by atoms with E-state index in [1.54, 1.807) is 0 Å². The number of rotatable bonds is 1. The summed E-state index contributed by atoms with van der Waals surface area (Å²) in [4.78, 5) is 4.77. The van der Waals surface area contributed by atoms with Crippen LogP contribution in [0.15, 0.2) is 60.7 Å². The molecular weight excluding hydrogens is 284 g/mol. The Hall–Kier alpha value is -3.14. The maximum absolute atomic E-state index is 6.14. The van der Waals surface area contributed by atoms with Crippen LogP contribution < -0.4 is 16.0 Å². The second-order valence-corrected chi connectivity index (χ2v) is 5.73. The zero-order valence-electron chi connectivity index (χ0n) is 12.8. The van der Waals surface area contributed by atoms with E-state index in [1.807, 2.05) is 55.5 Å². The first kappa shape index (κ1) is 13.5. The summed E-state index contributed by atoms with van der Waals surface area (Å²) in [5, 5.41) is 0. The minimum atomic E-state index is 0.711. The fourth-order valence-corrected chi connectivity index (χ4v) is 2.89. The standard InChI is InChI=1S/C19H16N4/c1-12-9-17-19(11-15(12)21)23(14-5-3-2-4-6-14)18-10-13(20)7-8-16(18)22-17/h2-11H,1H3,(H3,20,21)/p+1. The predicted molar refractivity (Wildman–Crippen MR) is 94.3 cm³/mol. The van der Waals surface area contributed by atoms with Crippen molar-refractivity contribution in [1.82, 2.24) is 4.98 Å². The van der Waals surface area contributed by atoms with Crippen LogP contribution in [0, 0.1) is 6.92 Å². The van der Waals surface area contributed by atoms with Gasteiger partial charge < -0.3 is 11.5 Å². The number of hydrogen-bond acceptors (Lipinski definition) is 3. The van der Waals surface area contributed by atoms with Crippen LogP contribution in [-0.4, -0.2) is 4.98 Å². The quantitative estimate of drug-likeness (QED) is 0.322. The predicted octanol–water partition coefficient (Wildman–Crippen LogP) is 3.14. The number of aromatic nitrogens is 2. The Balaban J connectivity index is 2.24. The van der Waals surface area contributed by atoms with E-state index >= 15 is 0 Å². The number of benzene rings is 3. The lowest BCUT2D eigenvalue weighted by Crippen LogP contribution is -2.33. The molecule has 0 saturated heterocycles. The van der Waals surface area contributed by atoms with Gasteiger partial charge in [-0.1, -0.05) is 18.2 Å². The third kappa shape index (κ3) is 2.16. The molecule has 0 saturated carbocycles. The number of fused-ring (bicyclic) bond motifs is 2. The highest BCUT2D eigenvalue weighted by Gasteiger charge is 2.20. The first-order valence-electron chi connectivity index (χ1n) is 7.50. The molecule has 0 aliphatic rings. The molecule has 0 aliphatic heterocycles. The summed E-state index contributed by atoms with van der Waals surface area (Å²) >= 11 is 0. The number of para-hydroxylation sites is 1. The van der Waals surface area contributed by atoms with Crippen molar-refractivity contribution >= 4 is 33.4 Å². The fraction of sp³-hybridized carbons (Fsp3) is 0.0526. The summed E-state index contributed by atoms with van der Waals surface area (Å²) in [5.74, 6) is 0. The summed E-state index contributed by atoms with van der Waals surface area (Å²) in [7, 11) is 0. The van der Waals surface area contributed by atoms with Gasteiger partial charge >= 0.3 is 0 Å². The highest BCUT2D eigenvalue weighted by Crippen LogP contribution is 2.23. The molecule has 4 heteroatoms. The minimum Gasteiger partial charge on any atom is -0.399 e. The minimum absolute atomic E-state index is 0.711. The monoisotopic (exact) mass is 301 g/mol. The molecule has 112 valence electrons. The molecule has 23 heavy (non-hydrogen) atoms. The second-order valence-electron chi connectivity index (χ2n) is 5.73. The van der Waals surface area contributed by atoms with Gasteiger partial charge in [0.2, 0.25) is 16.7 Å². The molecule has 1 aromatic heterocycles. The Bertz CT molecular complexity index is 1040. The second kappa shape index (κ2) is 4.95. The van der Waals surface area contributed by atoms with Crippen LogP contribution in [0.4, 0.5) is 11.4 Å². The normalized spacial score (nSPS) is 11.2. The van der Waals surface area contributed by atoms with Crippen molar-refractivity contribution in [2.75, 3.05) is 11.5 Å². The van der Waals surface area contributed by atoms with Gasteiger partial charge in [-0.05, 0) is 30.7 Å². The maximum atomic E-state index is 6.14. The van der Waals surface area contributed by atoms with Gasteiger partial charge in [-0.3, -0.25) is 0 Å². The van der Waals surface area contributed by atoms with E-state index in [-0.39, 0.29) is 0 Å². The summed E-state index contributed by atoms with van der Waals surface area (Å²) in [6.45, 7) is 2.00. The van der Waals surface area contributed by atoms with Crippen LogP contribution in [0.2, 0.25) is 0 Å². The Kier molecular flexibility index (Phi) is 2.91. The van der Waals surface area contributed by atoms with Crippen LogP contribution in [0.25, 0.3) is 27.8 Å². The summed E-state index contributed by atoms with van der Waals surface area (Å²) < 4.78 is 2.16. The van der Waals surface area contributed by atoms with Crippen molar-refractivity contribution in [3.8, 4) is 5.69 Å². The SMILES string of the molecule is Cc1cc2nc3ccc(N)cc3[n+](-c3ccccc3)c2cc1N. The van der Waals surface area contributed by atoms with Gasteiger partial charge in [0.1, 0.15) is 11.0 Å². The van der Waals surface area contributed by atoms with Crippen LogP contribution in [0.1, 0.15) is 5.56 Å². The molecule has 0 atom stereocenters. The molecule has 4 rings (SSSR count). The van der Waals surface area contributed by atoms with Crippen LogP contribution in [-0.2, 0) is 0 Å². The number of nitrogens with zero attached hydrogens (tertiary/aromatic N) is 2. The van der Waals surface area contributed by atoms with Gasteiger partial charge in [0.25, 0.3) is 0 Å². The topological polar surface area (TPSA) is 68.8 Å². The van der Waals surface area contributed by atoms with Crippen molar-refractivity contribution in [3.63, 3.8) is 0 Å². The molecule has 0 fully saturated rings. The Labute approximate surface area is 134 Å². The van der Waals surface area contributed by atoms with E-state index in [0.717, 1.165) is 39.0 Å². The van der Waals surface area contributed by atoms with Crippen molar-refractivity contribution in [2.24, 2.45) is 0 Å². The lowest BCUT2D eigenvalue weighted by Gasteiger charge is -2.07. The molecule has 4 nitrogen and oxygen atoms in total. The van der Waals surface area contributed by atoms with Gasteiger partial charge in [0, 0.05) is 35.6 Å².